The molecule has 1 heterocycles. The van der Waals surface area contributed by atoms with Crippen LogP contribution in [-0.4, -0.2) is 9.91 Å². The number of aromatic nitrogens is 1. The maximum absolute atomic E-state index is 11.1. The molecule has 0 radical (unpaired) electrons. The van der Waals surface area contributed by atoms with Crippen LogP contribution < -0.4 is 5.32 Å². The van der Waals surface area contributed by atoms with E-state index in [1.165, 1.54) is 6.07 Å². The molecule has 1 N–H and O–H groups in total. The van der Waals surface area contributed by atoms with E-state index in [0.717, 1.165) is 11.3 Å². The van der Waals surface area contributed by atoms with Crippen molar-refractivity contribution in [2.45, 2.75) is 13.0 Å². The lowest BCUT2D eigenvalue weighted by atomic mass is 10.1. The van der Waals surface area contributed by atoms with E-state index >= 15 is 0 Å². The van der Waals surface area contributed by atoms with Gasteiger partial charge in [-0.1, -0.05) is 30.3 Å². The fraction of sp³-hybridized carbons (Fsp3) is 0.118. The SMILES string of the molecule is CC(Nc1ccc([N+](=O)[O-])c2cccnc12)c1ccccc1. The Morgan fingerprint density at radius 2 is 1.86 bits per heavy atom. The van der Waals surface area contributed by atoms with E-state index in [1.807, 2.05) is 37.3 Å². The summed E-state index contributed by atoms with van der Waals surface area (Å²) >= 11 is 0. The molecule has 22 heavy (non-hydrogen) atoms. The number of hydrogen-bond acceptors (Lipinski definition) is 4. The molecule has 5 nitrogen and oxygen atoms in total. The zero-order chi connectivity index (χ0) is 15.5. The van der Waals surface area contributed by atoms with E-state index in [0.29, 0.717) is 10.9 Å². The number of pyridine rings is 1. The van der Waals surface area contributed by atoms with Gasteiger partial charge in [-0.3, -0.25) is 15.1 Å². The molecular weight excluding hydrogens is 278 g/mol. The van der Waals surface area contributed by atoms with E-state index in [2.05, 4.69) is 10.3 Å². The molecule has 110 valence electrons. The predicted molar refractivity (Wildman–Crippen MR) is 86.9 cm³/mol. The lowest BCUT2D eigenvalue weighted by Gasteiger charge is -2.16. The number of fused-ring (bicyclic) bond motifs is 1. The molecule has 1 unspecified atom stereocenters. The van der Waals surface area contributed by atoms with Crippen LogP contribution in [0.25, 0.3) is 10.9 Å². The third-order valence-electron chi connectivity index (χ3n) is 3.61. The van der Waals surface area contributed by atoms with Crippen molar-refractivity contribution in [3.63, 3.8) is 0 Å². The predicted octanol–water partition coefficient (Wildman–Crippen LogP) is 4.32. The molecule has 2 aromatic carbocycles. The second-order valence-corrected chi connectivity index (χ2v) is 5.07. The quantitative estimate of drug-likeness (QED) is 0.574. The van der Waals surface area contributed by atoms with E-state index in [4.69, 9.17) is 0 Å². The minimum Gasteiger partial charge on any atom is -0.377 e. The Labute approximate surface area is 127 Å². The van der Waals surface area contributed by atoms with Crippen LogP contribution in [0.15, 0.2) is 60.8 Å². The maximum Gasteiger partial charge on any atom is 0.278 e. The van der Waals surface area contributed by atoms with Crippen LogP contribution >= 0.6 is 0 Å². The summed E-state index contributed by atoms with van der Waals surface area (Å²) in [6, 6.07) is 16.8. The molecule has 0 spiro atoms. The molecule has 0 saturated heterocycles. The van der Waals surface area contributed by atoms with Gasteiger partial charge in [-0.25, -0.2) is 0 Å². The van der Waals surface area contributed by atoms with Gasteiger partial charge in [0.05, 0.1) is 16.0 Å². The van der Waals surface area contributed by atoms with Crippen LogP contribution in [0.3, 0.4) is 0 Å². The van der Waals surface area contributed by atoms with Crippen LogP contribution in [0.1, 0.15) is 18.5 Å². The summed E-state index contributed by atoms with van der Waals surface area (Å²) in [5, 5.41) is 15.0. The number of nitrogens with one attached hydrogen (secondary N) is 1. The number of nitro benzene ring substituents is 1. The standard InChI is InChI=1S/C17H15N3O2/c1-12(13-6-3-2-4-7-13)19-15-9-10-16(20(21)22)14-8-5-11-18-17(14)15/h2-12,19H,1H3. The monoisotopic (exact) mass is 293 g/mol. The first kappa shape index (κ1) is 14.0. The van der Waals surface area contributed by atoms with Crippen molar-refractivity contribution in [3.05, 3.63) is 76.5 Å². The first-order valence-electron chi connectivity index (χ1n) is 7.00. The van der Waals surface area contributed by atoms with Gasteiger partial charge in [0.2, 0.25) is 0 Å². The molecule has 0 fully saturated rings. The summed E-state index contributed by atoms with van der Waals surface area (Å²) in [5.41, 5.74) is 2.61. The highest BCUT2D eigenvalue weighted by Crippen LogP contribution is 2.31. The van der Waals surface area contributed by atoms with Gasteiger partial charge in [-0.05, 0) is 30.7 Å². The highest BCUT2D eigenvalue weighted by Gasteiger charge is 2.16. The Morgan fingerprint density at radius 3 is 2.59 bits per heavy atom. The van der Waals surface area contributed by atoms with Gasteiger partial charge >= 0.3 is 0 Å². The summed E-state index contributed by atoms with van der Waals surface area (Å²) in [7, 11) is 0. The summed E-state index contributed by atoms with van der Waals surface area (Å²) < 4.78 is 0. The van der Waals surface area contributed by atoms with E-state index in [-0.39, 0.29) is 16.7 Å². The summed E-state index contributed by atoms with van der Waals surface area (Å²) in [6.07, 6.45) is 1.64. The fourth-order valence-corrected chi connectivity index (χ4v) is 2.49. The van der Waals surface area contributed by atoms with Crippen molar-refractivity contribution in [1.29, 1.82) is 0 Å². The van der Waals surface area contributed by atoms with Gasteiger partial charge in [-0.15, -0.1) is 0 Å². The van der Waals surface area contributed by atoms with E-state index in [1.54, 1.807) is 24.4 Å². The molecule has 1 atom stereocenters. The lowest BCUT2D eigenvalue weighted by molar-refractivity contribution is -0.383. The number of nitro groups is 1. The minimum atomic E-state index is -0.381. The average molecular weight is 293 g/mol. The zero-order valence-corrected chi connectivity index (χ0v) is 12.1. The van der Waals surface area contributed by atoms with Crippen LogP contribution in [0.5, 0.6) is 0 Å². The van der Waals surface area contributed by atoms with Crippen LogP contribution in [0.4, 0.5) is 11.4 Å². The van der Waals surface area contributed by atoms with Crippen molar-refractivity contribution in [3.8, 4) is 0 Å². The van der Waals surface area contributed by atoms with Gasteiger partial charge in [0.25, 0.3) is 5.69 Å². The normalized spacial score (nSPS) is 12.0. The van der Waals surface area contributed by atoms with E-state index in [9.17, 15) is 10.1 Å². The second kappa shape index (κ2) is 5.81. The van der Waals surface area contributed by atoms with E-state index < -0.39 is 0 Å². The third kappa shape index (κ3) is 2.61. The molecular formula is C17H15N3O2. The van der Waals surface area contributed by atoms with Gasteiger partial charge in [0.1, 0.15) is 5.52 Å². The van der Waals surface area contributed by atoms with Gasteiger partial charge in [0.15, 0.2) is 0 Å². The topological polar surface area (TPSA) is 68.1 Å². The summed E-state index contributed by atoms with van der Waals surface area (Å²) in [6.45, 7) is 2.05. The molecule has 3 aromatic rings. The Morgan fingerprint density at radius 1 is 1.09 bits per heavy atom. The number of nitrogens with zero attached hydrogens (tertiary/aromatic N) is 2. The van der Waals surface area contributed by atoms with Crippen molar-refractivity contribution in [2.24, 2.45) is 0 Å². The summed E-state index contributed by atoms with van der Waals surface area (Å²) in [5.74, 6) is 0. The van der Waals surface area contributed by atoms with Crippen molar-refractivity contribution >= 4 is 22.3 Å². The van der Waals surface area contributed by atoms with Gasteiger partial charge < -0.3 is 5.32 Å². The Hall–Kier alpha value is -2.95. The molecule has 0 aliphatic carbocycles. The second-order valence-electron chi connectivity index (χ2n) is 5.07. The lowest BCUT2D eigenvalue weighted by Crippen LogP contribution is -2.07. The van der Waals surface area contributed by atoms with Crippen LogP contribution in [0.2, 0.25) is 0 Å². The first-order chi connectivity index (χ1) is 10.7. The van der Waals surface area contributed by atoms with Crippen LogP contribution in [-0.2, 0) is 0 Å². The fourth-order valence-electron chi connectivity index (χ4n) is 2.49. The van der Waals surface area contributed by atoms with Gasteiger partial charge in [0, 0.05) is 18.3 Å². The molecule has 0 aliphatic heterocycles. The number of rotatable bonds is 4. The number of hydrogen-bond donors (Lipinski definition) is 1. The largest absolute Gasteiger partial charge is 0.377 e. The molecule has 5 heteroatoms. The highest BCUT2D eigenvalue weighted by molar-refractivity contribution is 5.96. The molecule has 0 bridgehead atoms. The smallest absolute Gasteiger partial charge is 0.278 e. The first-order valence-corrected chi connectivity index (χ1v) is 7.00. The molecule has 3 rings (SSSR count). The molecule has 1 aromatic heterocycles. The number of anilines is 1. The Balaban J connectivity index is 2.02. The minimum absolute atomic E-state index is 0.0704. The molecule has 0 saturated carbocycles. The average Bonchev–Trinajstić information content (AvgIpc) is 2.55. The number of non-ortho nitro benzene ring substituents is 1. The third-order valence-corrected chi connectivity index (χ3v) is 3.61. The summed E-state index contributed by atoms with van der Waals surface area (Å²) in [4.78, 5) is 15.1. The molecule has 0 aliphatic rings. The van der Waals surface area contributed by atoms with Gasteiger partial charge in [-0.2, -0.15) is 0 Å². The number of benzene rings is 2. The van der Waals surface area contributed by atoms with Crippen molar-refractivity contribution in [2.75, 3.05) is 5.32 Å². The van der Waals surface area contributed by atoms with Crippen LogP contribution in [0, 0.1) is 10.1 Å². The zero-order valence-electron chi connectivity index (χ0n) is 12.1. The highest BCUT2D eigenvalue weighted by atomic mass is 16.6. The molecule has 0 amide bonds. The Kier molecular flexibility index (Phi) is 3.70. The van der Waals surface area contributed by atoms with Crippen molar-refractivity contribution in [1.82, 2.24) is 4.98 Å². The van der Waals surface area contributed by atoms with Crippen molar-refractivity contribution < 1.29 is 4.92 Å². The Bertz CT molecular complexity index is 819. The maximum atomic E-state index is 11.1.